The second kappa shape index (κ2) is 4.27. The number of esters is 1. The van der Waals surface area contributed by atoms with Crippen LogP contribution in [-0.2, 0) is 14.3 Å². The highest BCUT2D eigenvalue weighted by molar-refractivity contribution is 5.70. The van der Waals surface area contributed by atoms with Crippen molar-refractivity contribution in [3.05, 3.63) is 0 Å². The summed E-state index contributed by atoms with van der Waals surface area (Å²) >= 11 is 0. The van der Waals surface area contributed by atoms with E-state index in [1.165, 1.54) is 6.42 Å². The fourth-order valence-electron chi connectivity index (χ4n) is 3.28. The van der Waals surface area contributed by atoms with Crippen LogP contribution in [-0.4, -0.2) is 24.3 Å². The molecule has 0 unspecified atom stereocenters. The number of rotatable bonds is 4. The highest BCUT2D eigenvalue weighted by Gasteiger charge is 2.66. The molecule has 2 rings (SSSR count). The molecule has 2 fully saturated rings. The molecular weight excluding hydrogens is 216 g/mol. The molecule has 3 nitrogen and oxygen atoms in total. The number of epoxide rings is 1. The van der Waals surface area contributed by atoms with Crippen LogP contribution in [0.3, 0.4) is 0 Å². The molecule has 0 N–H and O–H groups in total. The van der Waals surface area contributed by atoms with Gasteiger partial charge in [0.05, 0.1) is 19.1 Å². The van der Waals surface area contributed by atoms with E-state index in [4.69, 9.17) is 9.47 Å². The van der Waals surface area contributed by atoms with Crippen molar-refractivity contribution in [3.63, 3.8) is 0 Å². The number of ether oxygens (including phenoxy) is 2. The standard InChI is InChI=1S/C14H24O3/c1-5-16-12(15)9-13(3,4)14-7-6-10(2)8-11(14)17-14/h10-11H,5-9H2,1-4H3/t10-,11-,14+/m1/s1. The maximum absolute atomic E-state index is 11.6. The van der Waals surface area contributed by atoms with Crippen molar-refractivity contribution in [2.45, 2.75) is 65.1 Å². The minimum Gasteiger partial charge on any atom is -0.466 e. The number of fused-ring (bicyclic) bond motifs is 1. The molecule has 1 aliphatic heterocycles. The lowest BCUT2D eigenvalue weighted by Crippen LogP contribution is -2.40. The summed E-state index contributed by atoms with van der Waals surface area (Å²) in [7, 11) is 0. The zero-order valence-electron chi connectivity index (χ0n) is 11.4. The summed E-state index contributed by atoms with van der Waals surface area (Å²) in [6.45, 7) is 8.87. The SMILES string of the molecule is CCOC(=O)CC(C)(C)[C@]12CC[C@@H](C)C[C@H]1O2. The fourth-order valence-corrected chi connectivity index (χ4v) is 3.28. The van der Waals surface area contributed by atoms with Gasteiger partial charge in [-0.2, -0.15) is 0 Å². The summed E-state index contributed by atoms with van der Waals surface area (Å²) in [5.41, 5.74) is -0.156. The van der Waals surface area contributed by atoms with Crippen LogP contribution in [0.15, 0.2) is 0 Å². The summed E-state index contributed by atoms with van der Waals surface area (Å²) in [5, 5.41) is 0. The first-order valence-corrected chi connectivity index (χ1v) is 6.75. The smallest absolute Gasteiger partial charge is 0.306 e. The van der Waals surface area contributed by atoms with E-state index in [1.54, 1.807) is 0 Å². The maximum Gasteiger partial charge on any atom is 0.306 e. The van der Waals surface area contributed by atoms with Crippen molar-refractivity contribution in [3.8, 4) is 0 Å². The highest BCUT2D eigenvalue weighted by Crippen LogP contribution is 2.60. The maximum atomic E-state index is 11.6. The number of hydrogen-bond donors (Lipinski definition) is 0. The van der Waals surface area contributed by atoms with Crippen LogP contribution in [0.1, 0.15) is 53.4 Å². The average Bonchev–Trinajstić information content (AvgIpc) is 2.92. The Balaban J connectivity index is 1.99. The van der Waals surface area contributed by atoms with E-state index in [-0.39, 0.29) is 17.0 Å². The molecule has 0 aromatic heterocycles. The van der Waals surface area contributed by atoms with Crippen molar-refractivity contribution in [1.29, 1.82) is 0 Å². The zero-order chi connectivity index (χ0) is 12.7. The Kier molecular flexibility index (Phi) is 3.23. The average molecular weight is 240 g/mol. The van der Waals surface area contributed by atoms with Crippen LogP contribution in [0, 0.1) is 11.3 Å². The minimum absolute atomic E-state index is 0.0493. The first-order chi connectivity index (χ1) is 7.91. The number of carbonyl (C=O) groups is 1. The van der Waals surface area contributed by atoms with Gasteiger partial charge in [0.15, 0.2) is 0 Å². The third-order valence-corrected chi connectivity index (χ3v) is 4.48. The summed E-state index contributed by atoms with van der Waals surface area (Å²) < 4.78 is 11.0. The van der Waals surface area contributed by atoms with Crippen molar-refractivity contribution in [2.24, 2.45) is 11.3 Å². The van der Waals surface area contributed by atoms with Crippen molar-refractivity contribution < 1.29 is 14.3 Å². The topological polar surface area (TPSA) is 38.8 Å². The van der Waals surface area contributed by atoms with Crippen LogP contribution in [0.5, 0.6) is 0 Å². The van der Waals surface area contributed by atoms with Gasteiger partial charge in [0.2, 0.25) is 0 Å². The van der Waals surface area contributed by atoms with Crippen molar-refractivity contribution in [2.75, 3.05) is 6.61 Å². The molecule has 1 saturated carbocycles. The molecule has 3 atom stereocenters. The van der Waals surface area contributed by atoms with Gasteiger partial charge in [-0.05, 0) is 32.1 Å². The van der Waals surface area contributed by atoms with E-state index in [0.717, 1.165) is 18.8 Å². The Morgan fingerprint density at radius 2 is 2.24 bits per heavy atom. The second-order valence-corrected chi connectivity index (χ2v) is 6.24. The largest absolute Gasteiger partial charge is 0.466 e. The molecule has 1 heterocycles. The molecule has 0 spiro atoms. The summed E-state index contributed by atoms with van der Waals surface area (Å²) in [6, 6.07) is 0. The Morgan fingerprint density at radius 3 is 2.82 bits per heavy atom. The molecule has 1 aliphatic carbocycles. The third-order valence-electron chi connectivity index (χ3n) is 4.48. The van der Waals surface area contributed by atoms with E-state index >= 15 is 0 Å². The highest BCUT2D eigenvalue weighted by atomic mass is 16.6. The van der Waals surface area contributed by atoms with Gasteiger partial charge in [0.25, 0.3) is 0 Å². The molecule has 0 bridgehead atoms. The van der Waals surface area contributed by atoms with Crippen LogP contribution in [0.4, 0.5) is 0 Å². The quantitative estimate of drug-likeness (QED) is 0.560. The van der Waals surface area contributed by atoms with Gasteiger partial charge < -0.3 is 9.47 Å². The normalized spacial score (nSPS) is 36.2. The van der Waals surface area contributed by atoms with Gasteiger partial charge in [-0.3, -0.25) is 4.79 Å². The predicted octanol–water partition coefficient (Wildman–Crippen LogP) is 2.92. The third kappa shape index (κ3) is 2.22. The minimum atomic E-state index is -0.107. The number of carbonyl (C=O) groups excluding carboxylic acids is 1. The molecule has 3 heteroatoms. The molecule has 17 heavy (non-hydrogen) atoms. The Labute approximate surface area is 104 Å². The zero-order valence-corrected chi connectivity index (χ0v) is 11.4. The molecule has 0 aromatic carbocycles. The summed E-state index contributed by atoms with van der Waals surface area (Å²) in [6.07, 6.45) is 4.28. The van der Waals surface area contributed by atoms with Gasteiger partial charge in [0.1, 0.15) is 5.60 Å². The first kappa shape index (κ1) is 12.9. The van der Waals surface area contributed by atoms with E-state index in [9.17, 15) is 4.79 Å². The van der Waals surface area contributed by atoms with Crippen LogP contribution >= 0.6 is 0 Å². The molecule has 1 saturated heterocycles. The lowest BCUT2D eigenvalue weighted by Gasteiger charge is -2.35. The van der Waals surface area contributed by atoms with Gasteiger partial charge in [-0.1, -0.05) is 20.8 Å². The van der Waals surface area contributed by atoms with Crippen molar-refractivity contribution in [1.82, 2.24) is 0 Å². The summed E-state index contributed by atoms with van der Waals surface area (Å²) in [5.74, 6) is 0.661. The van der Waals surface area contributed by atoms with Crippen LogP contribution in [0.2, 0.25) is 0 Å². The van der Waals surface area contributed by atoms with Gasteiger partial charge in [-0.15, -0.1) is 0 Å². The lowest BCUT2D eigenvalue weighted by molar-refractivity contribution is -0.146. The molecule has 0 radical (unpaired) electrons. The van der Waals surface area contributed by atoms with Crippen LogP contribution < -0.4 is 0 Å². The molecule has 2 aliphatic rings. The van der Waals surface area contributed by atoms with Gasteiger partial charge >= 0.3 is 5.97 Å². The summed E-state index contributed by atoms with van der Waals surface area (Å²) in [4.78, 5) is 11.6. The molecule has 98 valence electrons. The second-order valence-electron chi connectivity index (χ2n) is 6.24. The Bertz CT molecular complexity index is 311. The Morgan fingerprint density at radius 1 is 1.53 bits per heavy atom. The van der Waals surface area contributed by atoms with E-state index in [1.807, 2.05) is 6.92 Å². The first-order valence-electron chi connectivity index (χ1n) is 6.75. The number of hydrogen-bond acceptors (Lipinski definition) is 3. The Hall–Kier alpha value is -0.570. The van der Waals surface area contributed by atoms with Crippen molar-refractivity contribution >= 4 is 5.97 Å². The molecular formula is C14H24O3. The molecule has 0 aromatic rings. The predicted molar refractivity (Wildman–Crippen MR) is 65.7 cm³/mol. The van der Waals surface area contributed by atoms with Crippen LogP contribution in [0.25, 0.3) is 0 Å². The lowest BCUT2D eigenvalue weighted by atomic mass is 9.67. The monoisotopic (exact) mass is 240 g/mol. The fraction of sp³-hybridized carbons (Fsp3) is 0.929. The molecule has 0 amide bonds. The van der Waals surface area contributed by atoms with Gasteiger partial charge in [-0.25, -0.2) is 0 Å². The van der Waals surface area contributed by atoms with E-state index < -0.39 is 0 Å². The van der Waals surface area contributed by atoms with E-state index in [2.05, 4.69) is 20.8 Å². The van der Waals surface area contributed by atoms with E-state index in [0.29, 0.717) is 19.1 Å². The van der Waals surface area contributed by atoms with Gasteiger partial charge in [0, 0.05) is 5.41 Å².